The molecule has 0 spiro atoms. The van der Waals surface area contributed by atoms with Crippen LogP contribution in [0.15, 0.2) is 12.2 Å². The van der Waals surface area contributed by atoms with E-state index in [2.05, 4.69) is 10.6 Å². The minimum absolute atomic E-state index is 0.0349. The first-order valence-electron chi connectivity index (χ1n) is 5.55. The summed E-state index contributed by atoms with van der Waals surface area (Å²) in [4.78, 5) is 22.0. The van der Waals surface area contributed by atoms with E-state index in [0.717, 1.165) is 12.8 Å². The van der Waals surface area contributed by atoms with Crippen LogP contribution < -0.4 is 10.6 Å². The third-order valence-electron chi connectivity index (χ3n) is 2.59. The van der Waals surface area contributed by atoms with Gasteiger partial charge in [-0.25, -0.2) is 4.79 Å². The van der Waals surface area contributed by atoms with Gasteiger partial charge in [0.2, 0.25) is 0 Å². The molecule has 5 nitrogen and oxygen atoms in total. The first kappa shape index (κ1) is 12.5. The Morgan fingerprint density at radius 2 is 2.06 bits per heavy atom. The Labute approximate surface area is 94.9 Å². The van der Waals surface area contributed by atoms with Gasteiger partial charge in [-0.3, -0.25) is 4.79 Å². The monoisotopic (exact) mass is 226 g/mol. The van der Waals surface area contributed by atoms with Gasteiger partial charge in [-0.2, -0.15) is 0 Å². The van der Waals surface area contributed by atoms with Crippen molar-refractivity contribution in [3.8, 4) is 0 Å². The van der Waals surface area contributed by atoms with E-state index in [9.17, 15) is 9.59 Å². The van der Waals surface area contributed by atoms with Crippen molar-refractivity contribution in [2.75, 3.05) is 0 Å². The maximum Gasteiger partial charge on any atom is 0.315 e. The summed E-state index contributed by atoms with van der Waals surface area (Å²) in [7, 11) is 0. The summed E-state index contributed by atoms with van der Waals surface area (Å²) >= 11 is 0. The molecule has 1 aliphatic carbocycles. The molecule has 0 aromatic heterocycles. The van der Waals surface area contributed by atoms with E-state index >= 15 is 0 Å². The summed E-state index contributed by atoms with van der Waals surface area (Å²) in [6, 6.07) is -0.420. The molecule has 3 N–H and O–H groups in total. The lowest BCUT2D eigenvalue weighted by Crippen LogP contribution is -2.46. The van der Waals surface area contributed by atoms with Crippen LogP contribution in [0.2, 0.25) is 0 Å². The predicted octanol–water partition coefficient (Wildman–Crippen LogP) is 1.26. The molecule has 0 saturated carbocycles. The highest BCUT2D eigenvalue weighted by atomic mass is 16.4. The molecule has 5 heteroatoms. The Balaban J connectivity index is 2.27. The highest BCUT2D eigenvalue weighted by Crippen LogP contribution is 2.08. The molecule has 1 atom stereocenters. The predicted molar refractivity (Wildman–Crippen MR) is 60.2 cm³/mol. The van der Waals surface area contributed by atoms with E-state index in [0.29, 0.717) is 6.42 Å². The summed E-state index contributed by atoms with van der Waals surface area (Å²) in [5.41, 5.74) is 0. The summed E-state index contributed by atoms with van der Waals surface area (Å²) in [6.07, 6.45) is 6.33. The van der Waals surface area contributed by atoms with Crippen LogP contribution in [0.5, 0.6) is 0 Å². The molecule has 0 heterocycles. The summed E-state index contributed by atoms with van der Waals surface area (Å²) < 4.78 is 0. The van der Waals surface area contributed by atoms with Crippen LogP contribution in [0.25, 0.3) is 0 Å². The van der Waals surface area contributed by atoms with Gasteiger partial charge in [0, 0.05) is 12.1 Å². The zero-order valence-corrected chi connectivity index (χ0v) is 9.40. The van der Waals surface area contributed by atoms with Crippen LogP contribution in [0.3, 0.4) is 0 Å². The zero-order valence-electron chi connectivity index (χ0n) is 9.40. The summed E-state index contributed by atoms with van der Waals surface area (Å²) in [5, 5.41) is 14.1. The maximum atomic E-state index is 11.5. The molecule has 2 amide bonds. The van der Waals surface area contributed by atoms with Gasteiger partial charge in [0.1, 0.15) is 0 Å². The fourth-order valence-electron chi connectivity index (χ4n) is 1.66. The van der Waals surface area contributed by atoms with Crippen molar-refractivity contribution in [3.05, 3.63) is 12.2 Å². The van der Waals surface area contributed by atoms with Gasteiger partial charge >= 0.3 is 12.0 Å². The molecule has 0 radical (unpaired) electrons. The first-order valence-corrected chi connectivity index (χ1v) is 5.55. The van der Waals surface area contributed by atoms with Crippen molar-refractivity contribution >= 4 is 12.0 Å². The topological polar surface area (TPSA) is 78.4 Å². The van der Waals surface area contributed by atoms with Crippen LogP contribution in [-0.2, 0) is 4.79 Å². The average molecular weight is 226 g/mol. The van der Waals surface area contributed by atoms with E-state index in [4.69, 9.17) is 5.11 Å². The minimum Gasteiger partial charge on any atom is -0.481 e. The number of carbonyl (C=O) groups excluding carboxylic acids is 1. The van der Waals surface area contributed by atoms with Crippen molar-refractivity contribution in [1.29, 1.82) is 0 Å². The lowest BCUT2D eigenvalue weighted by Gasteiger charge is -2.18. The van der Waals surface area contributed by atoms with E-state index in [1.54, 1.807) is 0 Å². The van der Waals surface area contributed by atoms with Crippen LogP contribution in [0.1, 0.15) is 32.6 Å². The first-order chi connectivity index (χ1) is 7.61. The van der Waals surface area contributed by atoms with Crippen LogP contribution in [-0.4, -0.2) is 29.2 Å². The molecular formula is C11H18N2O3. The number of amides is 2. The van der Waals surface area contributed by atoms with Gasteiger partial charge < -0.3 is 15.7 Å². The van der Waals surface area contributed by atoms with Gasteiger partial charge in [-0.05, 0) is 19.3 Å². The molecule has 1 aliphatic rings. The van der Waals surface area contributed by atoms with Crippen LogP contribution >= 0.6 is 0 Å². The molecule has 1 unspecified atom stereocenters. The fourth-order valence-corrected chi connectivity index (χ4v) is 1.66. The van der Waals surface area contributed by atoms with Crippen molar-refractivity contribution in [3.63, 3.8) is 0 Å². The molecule has 1 rings (SSSR count). The number of rotatable bonds is 5. The lowest BCUT2D eigenvalue weighted by atomic mass is 10.1. The van der Waals surface area contributed by atoms with Gasteiger partial charge in [0.25, 0.3) is 0 Å². The van der Waals surface area contributed by atoms with Crippen LogP contribution in [0.4, 0.5) is 4.79 Å². The Kier molecular flexibility index (Phi) is 4.82. The molecule has 0 fully saturated rings. The zero-order chi connectivity index (χ0) is 12.0. The number of hydrogen-bond donors (Lipinski definition) is 3. The van der Waals surface area contributed by atoms with E-state index in [1.165, 1.54) is 0 Å². The van der Waals surface area contributed by atoms with Crippen molar-refractivity contribution in [2.24, 2.45) is 0 Å². The SMILES string of the molecule is CCC(CC(=O)O)NC(=O)NC1CC=CC1. The van der Waals surface area contributed by atoms with Crippen molar-refractivity contribution in [2.45, 2.75) is 44.7 Å². The lowest BCUT2D eigenvalue weighted by molar-refractivity contribution is -0.137. The Morgan fingerprint density at radius 1 is 1.44 bits per heavy atom. The number of hydrogen-bond acceptors (Lipinski definition) is 2. The number of carboxylic acids is 1. The standard InChI is InChI=1S/C11H18N2O3/c1-2-8(7-10(14)15)12-11(16)13-9-5-3-4-6-9/h3-4,8-9H,2,5-7H2,1H3,(H,14,15)(H2,12,13,16). The second-order valence-corrected chi connectivity index (χ2v) is 3.96. The Hall–Kier alpha value is -1.52. The Morgan fingerprint density at radius 3 is 2.56 bits per heavy atom. The van der Waals surface area contributed by atoms with Gasteiger partial charge in [0.15, 0.2) is 0 Å². The second-order valence-electron chi connectivity index (χ2n) is 3.96. The quantitative estimate of drug-likeness (QED) is 0.617. The fraction of sp³-hybridized carbons (Fsp3) is 0.636. The van der Waals surface area contributed by atoms with E-state index in [-0.39, 0.29) is 24.5 Å². The largest absolute Gasteiger partial charge is 0.481 e. The van der Waals surface area contributed by atoms with Crippen molar-refractivity contribution in [1.82, 2.24) is 10.6 Å². The molecule has 0 aromatic carbocycles. The Bertz CT molecular complexity index is 281. The summed E-state index contributed by atoms with van der Waals surface area (Å²) in [6.45, 7) is 1.85. The molecule has 0 bridgehead atoms. The van der Waals surface area contributed by atoms with E-state index < -0.39 is 5.97 Å². The average Bonchev–Trinajstić information content (AvgIpc) is 2.68. The highest BCUT2D eigenvalue weighted by molar-refractivity contribution is 5.76. The highest BCUT2D eigenvalue weighted by Gasteiger charge is 2.17. The molecule has 90 valence electrons. The molecular weight excluding hydrogens is 208 g/mol. The van der Waals surface area contributed by atoms with Gasteiger partial charge in [-0.15, -0.1) is 0 Å². The van der Waals surface area contributed by atoms with Crippen LogP contribution in [0, 0.1) is 0 Å². The number of carboxylic acid groups (broad SMARTS) is 1. The normalized spacial score (nSPS) is 17.1. The molecule has 0 saturated heterocycles. The minimum atomic E-state index is -0.894. The number of urea groups is 1. The van der Waals surface area contributed by atoms with Gasteiger partial charge in [0.05, 0.1) is 6.42 Å². The number of aliphatic carboxylic acids is 1. The molecule has 0 aliphatic heterocycles. The summed E-state index contributed by atoms with van der Waals surface area (Å²) in [5.74, 6) is -0.894. The smallest absolute Gasteiger partial charge is 0.315 e. The van der Waals surface area contributed by atoms with Gasteiger partial charge in [-0.1, -0.05) is 19.1 Å². The number of carbonyl (C=O) groups is 2. The van der Waals surface area contributed by atoms with E-state index in [1.807, 2.05) is 19.1 Å². The van der Waals surface area contributed by atoms with Crippen molar-refractivity contribution < 1.29 is 14.7 Å². The number of nitrogens with one attached hydrogen (secondary N) is 2. The second kappa shape index (κ2) is 6.15. The third-order valence-corrected chi connectivity index (χ3v) is 2.59. The maximum absolute atomic E-state index is 11.5. The molecule has 0 aromatic rings. The third kappa shape index (κ3) is 4.33. The molecule has 16 heavy (non-hydrogen) atoms.